The van der Waals surface area contributed by atoms with Gasteiger partial charge in [-0.2, -0.15) is 5.10 Å². The smallest absolute Gasteiger partial charge is 0.256 e. The maximum atomic E-state index is 13.4. The van der Waals surface area contributed by atoms with Gasteiger partial charge in [-0.15, -0.1) is 0 Å². The van der Waals surface area contributed by atoms with Crippen LogP contribution in [-0.2, 0) is 7.05 Å². The van der Waals surface area contributed by atoms with Crippen LogP contribution in [0.4, 0.5) is 5.69 Å². The molecule has 3 heterocycles. The maximum absolute atomic E-state index is 13.4. The predicted octanol–water partition coefficient (Wildman–Crippen LogP) is 4.62. The van der Waals surface area contributed by atoms with E-state index in [1.165, 1.54) is 0 Å². The quantitative estimate of drug-likeness (QED) is 0.551. The second-order valence-corrected chi connectivity index (χ2v) is 7.44. The molecule has 0 saturated heterocycles. The second-order valence-electron chi connectivity index (χ2n) is 7.44. The van der Waals surface area contributed by atoms with Crippen molar-refractivity contribution in [2.45, 2.75) is 33.6 Å². The number of nitrogens with zero attached hydrogens (tertiary/aromatic N) is 4. The van der Waals surface area contributed by atoms with Gasteiger partial charge >= 0.3 is 0 Å². The standard InChI is InChI=1S/C22H23N5O2/c1-12(2)20-19(14(4)26-29-20)24-22(28)16-11-17(15-9-7-6-8-10-15)23-21-18(16)13(3)25-27(21)5/h6-12H,1-5H3,(H,24,28). The molecule has 0 unspecified atom stereocenters. The summed E-state index contributed by atoms with van der Waals surface area (Å²) in [6.07, 6.45) is 0. The number of carbonyl (C=O) groups is 1. The van der Waals surface area contributed by atoms with Crippen molar-refractivity contribution in [2.24, 2.45) is 7.05 Å². The Hall–Kier alpha value is -3.48. The average molecular weight is 389 g/mol. The van der Waals surface area contributed by atoms with Crippen LogP contribution in [0.5, 0.6) is 0 Å². The lowest BCUT2D eigenvalue weighted by Gasteiger charge is -2.10. The monoisotopic (exact) mass is 389 g/mol. The summed E-state index contributed by atoms with van der Waals surface area (Å²) in [6.45, 7) is 7.70. The fraction of sp³-hybridized carbons (Fsp3) is 0.273. The van der Waals surface area contributed by atoms with E-state index in [1.54, 1.807) is 4.68 Å². The largest absolute Gasteiger partial charge is 0.359 e. The van der Waals surface area contributed by atoms with E-state index in [-0.39, 0.29) is 11.8 Å². The zero-order valence-corrected chi connectivity index (χ0v) is 17.1. The second kappa shape index (κ2) is 7.16. The number of amides is 1. The molecule has 0 saturated carbocycles. The Morgan fingerprint density at radius 3 is 2.55 bits per heavy atom. The summed E-state index contributed by atoms with van der Waals surface area (Å²) in [5, 5.41) is 12.2. The van der Waals surface area contributed by atoms with Crippen LogP contribution >= 0.6 is 0 Å². The molecule has 0 fully saturated rings. The van der Waals surface area contributed by atoms with Crippen molar-refractivity contribution in [3.63, 3.8) is 0 Å². The summed E-state index contributed by atoms with van der Waals surface area (Å²) in [4.78, 5) is 18.1. The minimum absolute atomic E-state index is 0.101. The van der Waals surface area contributed by atoms with E-state index in [0.717, 1.165) is 22.3 Å². The highest BCUT2D eigenvalue weighted by atomic mass is 16.5. The van der Waals surface area contributed by atoms with Gasteiger partial charge in [0.2, 0.25) is 0 Å². The summed E-state index contributed by atoms with van der Waals surface area (Å²) in [5.74, 6) is 0.523. The number of nitrogens with one attached hydrogen (secondary N) is 1. The van der Waals surface area contributed by atoms with E-state index < -0.39 is 0 Å². The minimum atomic E-state index is -0.237. The topological polar surface area (TPSA) is 85.8 Å². The highest BCUT2D eigenvalue weighted by Crippen LogP contribution is 2.30. The van der Waals surface area contributed by atoms with Gasteiger partial charge in [-0.1, -0.05) is 49.3 Å². The molecule has 1 N–H and O–H groups in total. The third kappa shape index (κ3) is 3.29. The van der Waals surface area contributed by atoms with E-state index in [4.69, 9.17) is 9.51 Å². The maximum Gasteiger partial charge on any atom is 0.256 e. The Bertz CT molecular complexity index is 1210. The molecule has 0 atom stereocenters. The molecular formula is C22H23N5O2. The molecule has 1 amide bonds. The minimum Gasteiger partial charge on any atom is -0.359 e. The fourth-order valence-corrected chi connectivity index (χ4v) is 3.49. The number of anilines is 1. The number of aromatic nitrogens is 4. The highest BCUT2D eigenvalue weighted by Gasteiger charge is 2.23. The van der Waals surface area contributed by atoms with E-state index in [2.05, 4.69) is 15.6 Å². The molecular weight excluding hydrogens is 366 g/mol. The average Bonchev–Trinajstić information content (AvgIpc) is 3.21. The van der Waals surface area contributed by atoms with Crippen molar-refractivity contribution in [3.8, 4) is 11.3 Å². The van der Waals surface area contributed by atoms with Crippen LogP contribution in [-0.4, -0.2) is 25.8 Å². The number of carbonyl (C=O) groups excluding carboxylic acids is 1. The van der Waals surface area contributed by atoms with Crippen LogP contribution in [0.3, 0.4) is 0 Å². The molecule has 3 aromatic heterocycles. The van der Waals surface area contributed by atoms with Crippen LogP contribution < -0.4 is 5.32 Å². The summed E-state index contributed by atoms with van der Waals surface area (Å²) in [7, 11) is 1.83. The van der Waals surface area contributed by atoms with Gasteiger partial charge in [-0.05, 0) is 19.9 Å². The van der Waals surface area contributed by atoms with Crippen molar-refractivity contribution < 1.29 is 9.32 Å². The third-order valence-electron chi connectivity index (χ3n) is 4.93. The molecule has 0 aliphatic carbocycles. The van der Waals surface area contributed by atoms with Crippen LogP contribution in [0.1, 0.15) is 47.3 Å². The lowest BCUT2D eigenvalue weighted by atomic mass is 10.0. The fourth-order valence-electron chi connectivity index (χ4n) is 3.49. The zero-order chi connectivity index (χ0) is 20.7. The molecule has 0 spiro atoms. The van der Waals surface area contributed by atoms with Gasteiger partial charge in [0.15, 0.2) is 11.4 Å². The first-order valence-corrected chi connectivity index (χ1v) is 9.54. The first kappa shape index (κ1) is 18.9. The van der Waals surface area contributed by atoms with Gasteiger partial charge in [0.05, 0.1) is 22.3 Å². The Morgan fingerprint density at radius 1 is 1.14 bits per heavy atom. The van der Waals surface area contributed by atoms with Crippen LogP contribution in [0, 0.1) is 13.8 Å². The zero-order valence-electron chi connectivity index (χ0n) is 17.1. The van der Waals surface area contributed by atoms with Crippen molar-refractivity contribution >= 4 is 22.6 Å². The van der Waals surface area contributed by atoms with Crippen molar-refractivity contribution in [2.75, 3.05) is 5.32 Å². The predicted molar refractivity (Wildman–Crippen MR) is 112 cm³/mol. The number of hydrogen-bond donors (Lipinski definition) is 1. The van der Waals surface area contributed by atoms with Crippen molar-refractivity contribution in [1.29, 1.82) is 0 Å². The number of aryl methyl sites for hydroxylation is 3. The normalized spacial score (nSPS) is 11.4. The lowest BCUT2D eigenvalue weighted by molar-refractivity contribution is 0.102. The van der Waals surface area contributed by atoms with Gasteiger partial charge < -0.3 is 9.84 Å². The Labute approximate surface area is 168 Å². The molecule has 0 bridgehead atoms. The molecule has 7 heteroatoms. The third-order valence-corrected chi connectivity index (χ3v) is 4.93. The number of fused-ring (bicyclic) bond motifs is 1. The summed E-state index contributed by atoms with van der Waals surface area (Å²) in [5.41, 5.74) is 4.88. The first-order valence-electron chi connectivity index (χ1n) is 9.54. The van der Waals surface area contributed by atoms with E-state index >= 15 is 0 Å². The van der Waals surface area contributed by atoms with Crippen LogP contribution in [0.25, 0.3) is 22.3 Å². The molecule has 148 valence electrons. The molecule has 4 aromatic rings. The van der Waals surface area contributed by atoms with Crippen molar-refractivity contribution in [3.05, 3.63) is 59.1 Å². The van der Waals surface area contributed by atoms with Crippen LogP contribution in [0.2, 0.25) is 0 Å². The molecule has 1 aromatic carbocycles. The lowest BCUT2D eigenvalue weighted by Crippen LogP contribution is -2.15. The van der Waals surface area contributed by atoms with Gasteiger partial charge in [0, 0.05) is 18.5 Å². The summed E-state index contributed by atoms with van der Waals surface area (Å²) in [6, 6.07) is 11.6. The summed E-state index contributed by atoms with van der Waals surface area (Å²) < 4.78 is 7.11. The number of pyridine rings is 1. The molecule has 0 aliphatic heterocycles. The van der Waals surface area contributed by atoms with Gasteiger partial charge in [0.25, 0.3) is 5.91 Å². The van der Waals surface area contributed by atoms with E-state index in [9.17, 15) is 4.79 Å². The van der Waals surface area contributed by atoms with Gasteiger partial charge in [-0.3, -0.25) is 9.48 Å². The molecule has 4 rings (SSSR count). The highest BCUT2D eigenvalue weighted by molar-refractivity contribution is 6.13. The SMILES string of the molecule is Cc1noc(C(C)C)c1NC(=O)c1cc(-c2ccccc2)nc2c1c(C)nn2C. The summed E-state index contributed by atoms with van der Waals surface area (Å²) >= 11 is 0. The number of hydrogen-bond acceptors (Lipinski definition) is 5. The van der Waals surface area contributed by atoms with Crippen LogP contribution in [0.15, 0.2) is 40.9 Å². The van der Waals surface area contributed by atoms with E-state index in [0.29, 0.717) is 28.4 Å². The molecule has 0 aliphatic rings. The molecule has 7 nitrogen and oxygen atoms in total. The molecule has 29 heavy (non-hydrogen) atoms. The molecule has 0 radical (unpaired) electrons. The Balaban J connectivity index is 1.86. The Kier molecular flexibility index (Phi) is 4.66. The first-order chi connectivity index (χ1) is 13.9. The number of benzene rings is 1. The Morgan fingerprint density at radius 2 is 1.86 bits per heavy atom. The van der Waals surface area contributed by atoms with E-state index in [1.807, 2.05) is 71.1 Å². The van der Waals surface area contributed by atoms with Gasteiger partial charge in [-0.25, -0.2) is 4.98 Å². The van der Waals surface area contributed by atoms with Gasteiger partial charge in [0.1, 0.15) is 11.4 Å². The van der Waals surface area contributed by atoms with Crippen molar-refractivity contribution in [1.82, 2.24) is 19.9 Å². The number of rotatable bonds is 4.